The number of carbonyl (C=O) groups is 1. The summed E-state index contributed by atoms with van der Waals surface area (Å²) in [6.45, 7) is 9.35. The second-order valence-corrected chi connectivity index (χ2v) is 8.15. The SMILES string of the molecule is Cc1ccc2c(c1)C1(CCN(C(=O)OC(C)(C)C)CC1)CC2N.Cl. The number of ether oxygens (including phenoxy) is 1. The molecule has 1 aliphatic carbocycles. The van der Waals surface area contributed by atoms with E-state index in [4.69, 9.17) is 10.5 Å². The Morgan fingerprint density at radius 2 is 1.92 bits per heavy atom. The fourth-order valence-corrected chi connectivity index (χ4v) is 4.01. The predicted octanol–water partition coefficient (Wildman–Crippen LogP) is 4.09. The number of amides is 1. The Morgan fingerprint density at radius 1 is 1.29 bits per heavy atom. The van der Waals surface area contributed by atoms with E-state index < -0.39 is 5.60 Å². The highest BCUT2D eigenvalue weighted by molar-refractivity contribution is 5.85. The highest BCUT2D eigenvalue weighted by Crippen LogP contribution is 2.50. The zero-order valence-electron chi connectivity index (χ0n) is 15.1. The van der Waals surface area contributed by atoms with Crippen molar-refractivity contribution in [2.45, 2.75) is 64.0 Å². The number of hydrogen-bond acceptors (Lipinski definition) is 3. The smallest absolute Gasteiger partial charge is 0.410 e. The second kappa shape index (κ2) is 6.57. The predicted molar refractivity (Wildman–Crippen MR) is 98.7 cm³/mol. The van der Waals surface area contributed by atoms with Crippen LogP contribution in [0.4, 0.5) is 4.79 Å². The summed E-state index contributed by atoms with van der Waals surface area (Å²) in [5.74, 6) is 0. The molecule has 0 saturated carbocycles. The highest BCUT2D eigenvalue weighted by Gasteiger charge is 2.45. The van der Waals surface area contributed by atoms with Gasteiger partial charge in [0.15, 0.2) is 0 Å². The summed E-state index contributed by atoms with van der Waals surface area (Å²) in [4.78, 5) is 14.1. The number of rotatable bonds is 0. The number of aryl methyl sites for hydroxylation is 1. The molecule has 1 aromatic carbocycles. The minimum atomic E-state index is -0.439. The van der Waals surface area contributed by atoms with Crippen LogP contribution >= 0.6 is 12.4 Å². The molecule has 1 atom stereocenters. The first-order valence-corrected chi connectivity index (χ1v) is 8.55. The highest BCUT2D eigenvalue weighted by atomic mass is 35.5. The summed E-state index contributed by atoms with van der Waals surface area (Å²) in [6, 6.07) is 6.75. The Kier molecular flexibility index (Phi) is 5.22. The molecular weight excluding hydrogens is 324 g/mol. The molecule has 1 aliphatic heterocycles. The van der Waals surface area contributed by atoms with Crippen molar-refractivity contribution in [1.82, 2.24) is 4.90 Å². The van der Waals surface area contributed by atoms with Gasteiger partial charge in [0.25, 0.3) is 0 Å². The van der Waals surface area contributed by atoms with Gasteiger partial charge in [0.05, 0.1) is 0 Å². The summed E-state index contributed by atoms with van der Waals surface area (Å²) >= 11 is 0. The standard InChI is InChI=1S/C19H28N2O2.ClH/c1-13-5-6-14-15(11-13)19(12-16(14)20)7-9-21(10-8-19)17(22)23-18(2,3)4;/h5-6,11,16H,7-10,12,20H2,1-4H3;1H. The van der Waals surface area contributed by atoms with Gasteiger partial charge in [-0.15, -0.1) is 12.4 Å². The molecule has 1 saturated heterocycles. The van der Waals surface area contributed by atoms with Gasteiger partial charge in [-0.05, 0) is 58.1 Å². The molecule has 1 aromatic rings. The molecule has 0 bridgehead atoms. The molecule has 24 heavy (non-hydrogen) atoms. The van der Waals surface area contributed by atoms with E-state index in [1.807, 2.05) is 25.7 Å². The minimum Gasteiger partial charge on any atom is -0.444 e. The van der Waals surface area contributed by atoms with Crippen molar-refractivity contribution in [2.75, 3.05) is 13.1 Å². The molecule has 0 radical (unpaired) electrons. The van der Waals surface area contributed by atoms with Gasteiger partial charge in [0.1, 0.15) is 5.60 Å². The van der Waals surface area contributed by atoms with Crippen LogP contribution in [0, 0.1) is 6.92 Å². The number of nitrogens with two attached hydrogens (primary N) is 1. The van der Waals surface area contributed by atoms with Crippen molar-refractivity contribution in [3.05, 3.63) is 34.9 Å². The Hall–Kier alpha value is -1.26. The number of halogens is 1. The maximum atomic E-state index is 12.3. The Bertz CT molecular complexity index is 616. The molecule has 2 N–H and O–H groups in total. The molecule has 5 heteroatoms. The zero-order chi connectivity index (χ0) is 16.8. The first kappa shape index (κ1) is 19.1. The zero-order valence-corrected chi connectivity index (χ0v) is 15.9. The van der Waals surface area contributed by atoms with Gasteiger partial charge >= 0.3 is 6.09 Å². The maximum Gasteiger partial charge on any atom is 0.410 e. The number of fused-ring (bicyclic) bond motifs is 2. The average molecular weight is 353 g/mol. The summed E-state index contributed by atoms with van der Waals surface area (Å²) < 4.78 is 5.50. The molecule has 1 unspecified atom stereocenters. The topological polar surface area (TPSA) is 55.6 Å². The third kappa shape index (κ3) is 3.55. The van der Waals surface area contributed by atoms with E-state index in [-0.39, 0.29) is 30.0 Å². The molecule has 0 aromatic heterocycles. The van der Waals surface area contributed by atoms with Crippen molar-refractivity contribution in [2.24, 2.45) is 5.73 Å². The van der Waals surface area contributed by atoms with E-state index in [0.717, 1.165) is 32.4 Å². The van der Waals surface area contributed by atoms with E-state index in [0.29, 0.717) is 0 Å². The molecule has 1 amide bonds. The van der Waals surface area contributed by atoms with E-state index in [1.165, 1.54) is 16.7 Å². The third-order valence-electron chi connectivity index (χ3n) is 5.16. The fourth-order valence-electron chi connectivity index (χ4n) is 4.01. The van der Waals surface area contributed by atoms with Crippen molar-refractivity contribution < 1.29 is 9.53 Å². The molecule has 1 spiro atoms. The first-order valence-electron chi connectivity index (χ1n) is 8.55. The number of nitrogens with zero attached hydrogens (tertiary/aromatic N) is 1. The van der Waals surface area contributed by atoms with Gasteiger partial charge in [-0.25, -0.2) is 4.79 Å². The lowest BCUT2D eigenvalue weighted by Crippen LogP contribution is -2.46. The van der Waals surface area contributed by atoms with Crippen LogP contribution < -0.4 is 5.73 Å². The Labute approximate surface area is 151 Å². The number of carbonyl (C=O) groups excluding carboxylic acids is 1. The fraction of sp³-hybridized carbons (Fsp3) is 0.632. The van der Waals surface area contributed by atoms with Crippen LogP contribution in [0.5, 0.6) is 0 Å². The monoisotopic (exact) mass is 352 g/mol. The van der Waals surface area contributed by atoms with Crippen molar-refractivity contribution in [1.29, 1.82) is 0 Å². The minimum absolute atomic E-state index is 0. The van der Waals surface area contributed by atoms with Gasteiger partial charge in [0.2, 0.25) is 0 Å². The van der Waals surface area contributed by atoms with Crippen molar-refractivity contribution in [3.8, 4) is 0 Å². The van der Waals surface area contributed by atoms with Crippen LogP contribution in [-0.2, 0) is 10.2 Å². The number of likely N-dealkylation sites (tertiary alicyclic amines) is 1. The Balaban J connectivity index is 0.00000208. The van der Waals surface area contributed by atoms with Crippen LogP contribution in [0.3, 0.4) is 0 Å². The van der Waals surface area contributed by atoms with Gasteiger partial charge in [-0.2, -0.15) is 0 Å². The van der Waals surface area contributed by atoms with E-state index in [1.54, 1.807) is 0 Å². The van der Waals surface area contributed by atoms with Crippen LogP contribution in [0.15, 0.2) is 18.2 Å². The quantitative estimate of drug-likeness (QED) is 0.765. The second-order valence-electron chi connectivity index (χ2n) is 8.15. The lowest BCUT2D eigenvalue weighted by molar-refractivity contribution is 0.0162. The van der Waals surface area contributed by atoms with Gasteiger partial charge < -0.3 is 15.4 Å². The van der Waals surface area contributed by atoms with E-state index in [2.05, 4.69) is 25.1 Å². The molecule has 1 heterocycles. The summed E-state index contributed by atoms with van der Waals surface area (Å²) in [5, 5.41) is 0. The molecule has 1 fully saturated rings. The molecule has 134 valence electrons. The van der Waals surface area contributed by atoms with Crippen molar-refractivity contribution >= 4 is 18.5 Å². The van der Waals surface area contributed by atoms with Crippen molar-refractivity contribution in [3.63, 3.8) is 0 Å². The van der Waals surface area contributed by atoms with Gasteiger partial charge in [0, 0.05) is 24.5 Å². The maximum absolute atomic E-state index is 12.3. The summed E-state index contributed by atoms with van der Waals surface area (Å²) in [6.07, 6.45) is 2.74. The number of benzene rings is 1. The lowest BCUT2D eigenvalue weighted by atomic mass is 9.73. The van der Waals surface area contributed by atoms with E-state index in [9.17, 15) is 4.79 Å². The average Bonchev–Trinajstić information content (AvgIpc) is 2.70. The largest absolute Gasteiger partial charge is 0.444 e. The van der Waals surface area contributed by atoms with Crippen LogP contribution in [0.2, 0.25) is 0 Å². The molecule has 3 rings (SSSR count). The van der Waals surface area contributed by atoms with Crippen LogP contribution in [-0.4, -0.2) is 29.7 Å². The summed E-state index contributed by atoms with van der Waals surface area (Å²) in [7, 11) is 0. The van der Waals surface area contributed by atoms with Gasteiger partial charge in [-0.3, -0.25) is 0 Å². The van der Waals surface area contributed by atoms with E-state index >= 15 is 0 Å². The first-order chi connectivity index (χ1) is 10.7. The molecule has 4 nitrogen and oxygen atoms in total. The number of piperidine rings is 1. The van der Waals surface area contributed by atoms with Crippen LogP contribution in [0.1, 0.15) is 62.8 Å². The van der Waals surface area contributed by atoms with Crippen LogP contribution in [0.25, 0.3) is 0 Å². The summed E-state index contributed by atoms with van der Waals surface area (Å²) in [5.41, 5.74) is 10.1. The van der Waals surface area contributed by atoms with Gasteiger partial charge in [-0.1, -0.05) is 23.8 Å². The Morgan fingerprint density at radius 3 is 2.50 bits per heavy atom. The molecule has 2 aliphatic rings. The normalized spacial score (nSPS) is 22.0. The lowest BCUT2D eigenvalue weighted by Gasteiger charge is -2.40. The number of hydrogen-bond donors (Lipinski definition) is 1. The molecular formula is C19H29ClN2O2. The third-order valence-corrected chi connectivity index (χ3v) is 5.16.